The molecule has 1 heterocycles. The minimum Gasteiger partial charge on any atom is -0.497 e. The van der Waals surface area contributed by atoms with Gasteiger partial charge in [0.1, 0.15) is 11.5 Å². The molecule has 19 heavy (non-hydrogen) atoms. The summed E-state index contributed by atoms with van der Waals surface area (Å²) in [5.41, 5.74) is 1.14. The van der Waals surface area contributed by atoms with Gasteiger partial charge in [0.25, 0.3) is 0 Å². The SMILES string of the molecule is COc1cc(CNCCn2ccnc2)cc(OC)c1. The van der Waals surface area contributed by atoms with E-state index >= 15 is 0 Å². The van der Waals surface area contributed by atoms with Gasteiger partial charge in [-0.25, -0.2) is 4.98 Å². The highest BCUT2D eigenvalue weighted by Crippen LogP contribution is 2.22. The molecule has 0 aliphatic heterocycles. The fraction of sp³-hybridized carbons (Fsp3) is 0.357. The maximum atomic E-state index is 5.24. The topological polar surface area (TPSA) is 48.3 Å². The summed E-state index contributed by atoms with van der Waals surface area (Å²) in [5, 5.41) is 3.38. The number of hydrogen-bond acceptors (Lipinski definition) is 4. The van der Waals surface area contributed by atoms with E-state index in [1.165, 1.54) is 0 Å². The third-order valence-corrected chi connectivity index (χ3v) is 2.85. The standard InChI is InChI=1S/C14H19N3O2/c1-18-13-7-12(8-14(9-13)19-2)10-15-3-5-17-6-4-16-11-17/h4,6-9,11,15H,3,5,10H2,1-2H3. The average molecular weight is 261 g/mol. The molecule has 2 rings (SSSR count). The summed E-state index contributed by atoms with van der Waals surface area (Å²) < 4.78 is 12.5. The molecule has 1 N–H and O–H groups in total. The molecule has 0 saturated carbocycles. The lowest BCUT2D eigenvalue weighted by Crippen LogP contribution is -2.19. The number of nitrogens with zero attached hydrogens (tertiary/aromatic N) is 2. The maximum absolute atomic E-state index is 5.24. The summed E-state index contributed by atoms with van der Waals surface area (Å²) in [7, 11) is 3.32. The number of benzene rings is 1. The fourth-order valence-electron chi connectivity index (χ4n) is 1.83. The molecule has 0 fully saturated rings. The molecule has 0 aliphatic carbocycles. The molecule has 0 unspecified atom stereocenters. The first-order valence-electron chi connectivity index (χ1n) is 6.20. The molecule has 0 aliphatic rings. The quantitative estimate of drug-likeness (QED) is 0.771. The number of hydrogen-bond donors (Lipinski definition) is 1. The third-order valence-electron chi connectivity index (χ3n) is 2.85. The molecule has 0 radical (unpaired) electrons. The first-order chi connectivity index (χ1) is 9.31. The van der Waals surface area contributed by atoms with E-state index in [0.717, 1.165) is 36.7 Å². The molecule has 5 nitrogen and oxygen atoms in total. The highest BCUT2D eigenvalue weighted by Gasteiger charge is 2.01. The zero-order valence-electron chi connectivity index (χ0n) is 11.3. The third kappa shape index (κ3) is 3.99. The van der Waals surface area contributed by atoms with Crippen molar-refractivity contribution in [2.45, 2.75) is 13.1 Å². The fourth-order valence-corrected chi connectivity index (χ4v) is 1.83. The highest BCUT2D eigenvalue weighted by atomic mass is 16.5. The second-order valence-electron chi connectivity index (χ2n) is 4.20. The molecule has 102 valence electrons. The van der Waals surface area contributed by atoms with Crippen molar-refractivity contribution >= 4 is 0 Å². The molecule has 2 aromatic rings. The predicted octanol–water partition coefficient (Wildman–Crippen LogP) is 1.69. The van der Waals surface area contributed by atoms with Gasteiger partial charge >= 0.3 is 0 Å². The van der Waals surface area contributed by atoms with Crippen LogP contribution in [0.5, 0.6) is 11.5 Å². The molecule has 0 saturated heterocycles. The molecule has 0 bridgehead atoms. The normalized spacial score (nSPS) is 10.4. The number of aromatic nitrogens is 2. The smallest absolute Gasteiger partial charge is 0.122 e. The number of rotatable bonds is 7. The zero-order chi connectivity index (χ0) is 13.5. The summed E-state index contributed by atoms with van der Waals surface area (Å²) >= 11 is 0. The Balaban J connectivity index is 1.84. The van der Waals surface area contributed by atoms with Crippen LogP contribution in [0.4, 0.5) is 0 Å². The van der Waals surface area contributed by atoms with Crippen LogP contribution in [0.2, 0.25) is 0 Å². The Bertz CT molecular complexity index is 475. The van der Waals surface area contributed by atoms with Crippen LogP contribution in [0.3, 0.4) is 0 Å². The van der Waals surface area contributed by atoms with Gasteiger partial charge in [-0.2, -0.15) is 0 Å². The van der Waals surface area contributed by atoms with Crippen LogP contribution < -0.4 is 14.8 Å². The Morgan fingerprint density at radius 2 is 1.89 bits per heavy atom. The first kappa shape index (κ1) is 13.4. The largest absolute Gasteiger partial charge is 0.497 e. The lowest BCUT2D eigenvalue weighted by atomic mass is 10.2. The molecular formula is C14H19N3O2. The lowest BCUT2D eigenvalue weighted by Gasteiger charge is -2.09. The van der Waals surface area contributed by atoms with E-state index in [1.807, 2.05) is 35.3 Å². The van der Waals surface area contributed by atoms with Gasteiger partial charge in [0.05, 0.1) is 20.5 Å². The summed E-state index contributed by atoms with van der Waals surface area (Å²) in [6.45, 7) is 2.57. The van der Waals surface area contributed by atoms with E-state index in [1.54, 1.807) is 20.4 Å². The summed E-state index contributed by atoms with van der Waals surface area (Å²) in [6, 6.07) is 5.88. The molecule has 0 amide bonds. The Kier molecular flexibility index (Phi) is 4.80. The number of ether oxygens (including phenoxy) is 2. The molecule has 1 aromatic heterocycles. The lowest BCUT2D eigenvalue weighted by molar-refractivity contribution is 0.393. The van der Waals surface area contributed by atoms with Gasteiger partial charge in [-0.05, 0) is 17.7 Å². The van der Waals surface area contributed by atoms with E-state index < -0.39 is 0 Å². The van der Waals surface area contributed by atoms with Gasteiger partial charge in [0, 0.05) is 38.1 Å². The predicted molar refractivity (Wildman–Crippen MR) is 73.5 cm³/mol. The van der Waals surface area contributed by atoms with Gasteiger partial charge in [-0.15, -0.1) is 0 Å². The van der Waals surface area contributed by atoms with Crippen molar-refractivity contribution in [3.05, 3.63) is 42.5 Å². The van der Waals surface area contributed by atoms with Crippen molar-refractivity contribution < 1.29 is 9.47 Å². The highest BCUT2D eigenvalue weighted by molar-refractivity contribution is 5.38. The van der Waals surface area contributed by atoms with Crippen molar-refractivity contribution in [1.29, 1.82) is 0 Å². The molecule has 5 heteroatoms. The molecule has 1 aromatic carbocycles. The minimum atomic E-state index is 0.780. The van der Waals surface area contributed by atoms with E-state index in [4.69, 9.17) is 9.47 Å². The van der Waals surface area contributed by atoms with Crippen LogP contribution in [0.1, 0.15) is 5.56 Å². The summed E-state index contributed by atoms with van der Waals surface area (Å²) in [4.78, 5) is 4.01. The van der Waals surface area contributed by atoms with Gasteiger partial charge in [-0.3, -0.25) is 0 Å². The number of imidazole rings is 1. The maximum Gasteiger partial charge on any atom is 0.122 e. The number of nitrogens with one attached hydrogen (secondary N) is 1. The summed E-state index contributed by atoms with van der Waals surface area (Å²) in [6.07, 6.45) is 5.55. The van der Waals surface area contributed by atoms with Crippen LogP contribution >= 0.6 is 0 Å². The zero-order valence-corrected chi connectivity index (χ0v) is 11.3. The van der Waals surface area contributed by atoms with Crippen LogP contribution in [0.25, 0.3) is 0 Å². The van der Waals surface area contributed by atoms with E-state index in [2.05, 4.69) is 10.3 Å². The Morgan fingerprint density at radius 1 is 1.16 bits per heavy atom. The van der Waals surface area contributed by atoms with Crippen molar-refractivity contribution in [1.82, 2.24) is 14.9 Å². The van der Waals surface area contributed by atoms with Crippen LogP contribution in [-0.4, -0.2) is 30.3 Å². The van der Waals surface area contributed by atoms with E-state index in [-0.39, 0.29) is 0 Å². The number of methoxy groups -OCH3 is 2. The van der Waals surface area contributed by atoms with Crippen molar-refractivity contribution in [2.24, 2.45) is 0 Å². The molecule has 0 atom stereocenters. The van der Waals surface area contributed by atoms with Gasteiger partial charge in [-0.1, -0.05) is 0 Å². The van der Waals surface area contributed by atoms with Crippen LogP contribution in [-0.2, 0) is 13.1 Å². The Labute approximate surface area is 113 Å². The van der Waals surface area contributed by atoms with Gasteiger partial charge in [0.15, 0.2) is 0 Å². The second-order valence-corrected chi connectivity index (χ2v) is 4.20. The second kappa shape index (κ2) is 6.80. The molecule has 0 spiro atoms. The average Bonchev–Trinajstić information content (AvgIpc) is 2.96. The van der Waals surface area contributed by atoms with Crippen LogP contribution in [0, 0.1) is 0 Å². The van der Waals surface area contributed by atoms with Crippen molar-refractivity contribution in [3.63, 3.8) is 0 Å². The van der Waals surface area contributed by atoms with E-state index in [0.29, 0.717) is 0 Å². The monoisotopic (exact) mass is 261 g/mol. The Morgan fingerprint density at radius 3 is 2.47 bits per heavy atom. The van der Waals surface area contributed by atoms with E-state index in [9.17, 15) is 0 Å². The molecular weight excluding hydrogens is 242 g/mol. The first-order valence-corrected chi connectivity index (χ1v) is 6.20. The minimum absolute atomic E-state index is 0.780. The summed E-state index contributed by atoms with van der Waals surface area (Å²) in [5.74, 6) is 1.62. The van der Waals surface area contributed by atoms with Gasteiger partial charge in [0.2, 0.25) is 0 Å². The van der Waals surface area contributed by atoms with Crippen molar-refractivity contribution in [3.8, 4) is 11.5 Å². The Hall–Kier alpha value is -2.01. The van der Waals surface area contributed by atoms with Crippen LogP contribution in [0.15, 0.2) is 36.9 Å². The van der Waals surface area contributed by atoms with Gasteiger partial charge < -0.3 is 19.4 Å². The van der Waals surface area contributed by atoms with Crippen molar-refractivity contribution in [2.75, 3.05) is 20.8 Å².